The maximum Gasteiger partial charge on any atom is 0.312 e. The molecule has 7 N–H and O–H groups in total. The standard InChI is InChI=1S/C11H24N2O7/c1-7(16)9(6-15)20-10(8(17)5-14)19-4-2-3-13-11(12)18/h7-10,14-17H,2-6H2,1H3,(H3,12,13,18)/t7-,8-,9+,10-/m0/s1. The third kappa shape index (κ3) is 8.25. The number of nitrogens with one attached hydrogen (secondary N) is 1. The molecule has 0 aliphatic heterocycles. The fourth-order valence-electron chi connectivity index (χ4n) is 1.29. The molecule has 9 heteroatoms. The van der Waals surface area contributed by atoms with E-state index in [0.717, 1.165) is 0 Å². The lowest BCUT2D eigenvalue weighted by molar-refractivity contribution is -0.240. The first-order valence-electron chi connectivity index (χ1n) is 6.30. The second kappa shape index (κ2) is 10.8. The number of rotatable bonds is 11. The number of carbonyl (C=O) groups excluding carboxylic acids is 1. The maximum atomic E-state index is 10.4. The zero-order valence-corrected chi connectivity index (χ0v) is 11.4. The summed E-state index contributed by atoms with van der Waals surface area (Å²) in [7, 11) is 0. The molecule has 0 rings (SSSR count). The van der Waals surface area contributed by atoms with E-state index in [9.17, 15) is 15.0 Å². The molecular weight excluding hydrogens is 272 g/mol. The highest BCUT2D eigenvalue weighted by Crippen LogP contribution is 2.09. The quantitative estimate of drug-likeness (QED) is 0.182. The van der Waals surface area contributed by atoms with Crippen LogP contribution in [-0.4, -0.2) is 77.4 Å². The minimum atomic E-state index is -1.31. The molecule has 0 aromatic heterocycles. The smallest absolute Gasteiger partial charge is 0.312 e. The van der Waals surface area contributed by atoms with Crippen molar-refractivity contribution in [3.63, 3.8) is 0 Å². The van der Waals surface area contributed by atoms with Gasteiger partial charge in [0.15, 0.2) is 6.29 Å². The number of urea groups is 1. The number of amides is 2. The lowest BCUT2D eigenvalue weighted by atomic mass is 10.2. The number of nitrogens with two attached hydrogens (primary N) is 1. The van der Waals surface area contributed by atoms with E-state index in [0.29, 0.717) is 6.42 Å². The van der Waals surface area contributed by atoms with Crippen molar-refractivity contribution in [3.8, 4) is 0 Å². The first-order chi connectivity index (χ1) is 9.42. The molecule has 0 radical (unpaired) electrons. The number of ether oxygens (including phenoxy) is 2. The maximum absolute atomic E-state index is 10.4. The van der Waals surface area contributed by atoms with Crippen molar-refractivity contribution in [1.82, 2.24) is 5.32 Å². The number of primary amides is 1. The second-order valence-electron chi connectivity index (χ2n) is 4.23. The molecule has 120 valence electrons. The van der Waals surface area contributed by atoms with Gasteiger partial charge in [-0.25, -0.2) is 4.79 Å². The molecule has 9 nitrogen and oxygen atoms in total. The summed E-state index contributed by atoms with van der Waals surface area (Å²) in [5, 5.41) is 39.2. The fourth-order valence-corrected chi connectivity index (χ4v) is 1.29. The number of carbonyl (C=O) groups is 1. The number of hydrogen-bond donors (Lipinski definition) is 6. The van der Waals surface area contributed by atoms with Crippen molar-refractivity contribution in [2.75, 3.05) is 26.4 Å². The van der Waals surface area contributed by atoms with Crippen molar-refractivity contribution in [2.45, 2.75) is 37.9 Å². The average Bonchev–Trinajstić information content (AvgIpc) is 2.40. The number of aliphatic hydroxyl groups excluding tert-OH is 4. The van der Waals surface area contributed by atoms with Crippen LogP contribution in [0.2, 0.25) is 0 Å². The Hall–Kier alpha value is -0.970. The Balaban J connectivity index is 4.18. The second-order valence-corrected chi connectivity index (χ2v) is 4.23. The van der Waals surface area contributed by atoms with Gasteiger partial charge in [0.25, 0.3) is 0 Å². The summed E-state index contributed by atoms with van der Waals surface area (Å²) in [6.07, 6.45) is -4.00. The van der Waals surface area contributed by atoms with Gasteiger partial charge in [0.05, 0.1) is 25.9 Å². The number of hydrogen-bond acceptors (Lipinski definition) is 7. The number of aliphatic hydroxyl groups is 4. The van der Waals surface area contributed by atoms with Crippen LogP contribution in [0.3, 0.4) is 0 Å². The predicted molar refractivity (Wildman–Crippen MR) is 68.7 cm³/mol. The molecule has 0 spiro atoms. The van der Waals surface area contributed by atoms with Gasteiger partial charge < -0.3 is 41.0 Å². The van der Waals surface area contributed by atoms with E-state index in [1.54, 1.807) is 0 Å². The van der Waals surface area contributed by atoms with Crippen molar-refractivity contribution >= 4 is 6.03 Å². The van der Waals surface area contributed by atoms with E-state index >= 15 is 0 Å². The van der Waals surface area contributed by atoms with Gasteiger partial charge >= 0.3 is 6.03 Å². The third-order valence-corrected chi connectivity index (χ3v) is 2.43. The third-order valence-electron chi connectivity index (χ3n) is 2.43. The Kier molecular flexibility index (Phi) is 10.3. The SMILES string of the molecule is C[C@H](O)[C@@H](CO)O[C@H](OCCCNC(N)=O)[C@@H](O)CO. The highest BCUT2D eigenvalue weighted by atomic mass is 16.7. The van der Waals surface area contributed by atoms with Crippen LogP contribution in [0.1, 0.15) is 13.3 Å². The lowest BCUT2D eigenvalue weighted by Gasteiger charge is -2.28. The van der Waals surface area contributed by atoms with Crippen LogP contribution in [-0.2, 0) is 9.47 Å². The molecule has 0 fully saturated rings. The summed E-state index contributed by atoms with van der Waals surface area (Å²) >= 11 is 0. The zero-order valence-electron chi connectivity index (χ0n) is 11.4. The minimum Gasteiger partial charge on any atom is -0.394 e. The first kappa shape index (κ1) is 19.0. The first-order valence-corrected chi connectivity index (χ1v) is 6.30. The molecule has 0 saturated heterocycles. The topological polar surface area (TPSA) is 154 Å². The van der Waals surface area contributed by atoms with E-state index in [4.69, 9.17) is 25.4 Å². The van der Waals surface area contributed by atoms with Crippen LogP contribution in [0, 0.1) is 0 Å². The zero-order chi connectivity index (χ0) is 15.5. The van der Waals surface area contributed by atoms with Crippen molar-refractivity contribution in [3.05, 3.63) is 0 Å². The van der Waals surface area contributed by atoms with Gasteiger partial charge in [-0.2, -0.15) is 0 Å². The fraction of sp³-hybridized carbons (Fsp3) is 0.909. The van der Waals surface area contributed by atoms with E-state index in [-0.39, 0.29) is 13.2 Å². The van der Waals surface area contributed by atoms with E-state index in [2.05, 4.69) is 5.32 Å². The largest absolute Gasteiger partial charge is 0.394 e. The van der Waals surface area contributed by atoms with Gasteiger partial charge in [-0.15, -0.1) is 0 Å². The van der Waals surface area contributed by atoms with Gasteiger partial charge in [-0.05, 0) is 13.3 Å². The highest BCUT2D eigenvalue weighted by Gasteiger charge is 2.26. The summed E-state index contributed by atoms with van der Waals surface area (Å²) in [6.45, 7) is 0.776. The molecule has 0 aliphatic carbocycles. The van der Waals surface area contributed by atoms with Gasteiger partial charge in [0, 0.05) is 6.54 Å². The Labute approximate surface area is 117 Å². The molecule has 4 atom stereocenters. The molecule has 0 aliphatic rings. The molecule has 0 bridgehead atoms. The normalized spacial score (nSPS) is 17.2. The molecule has 0 aromatic carbocycles. The Morgan fingerprint density at radius 3 is 2.40 bits per heavy atom. The van der Waals surface area contributed by atoms with E-state index in [1.807, 2.05) is 0 Å². The monoisotopic (exact) mass is 296 g/mol. The van der Waals surface area contributed by atoms with Crippen LogP contribution in [0.4, 0.5) is 4.79 Å². The van der Waals surface area contributed by atoms with Crippen molar-refractivity contribution in [2.24, 2.45) is 5.73 Å². The predicted octanol–water partition coefficient (Wildman–Crippen LogP) is -2.50. The Morgan fingerprint density at radius 1 is 1.30 bits per heavy atom. The van der Waals surface area contributed by atoms with Crippen LogP contribution in [0.15, 0.2) is 0 Å². The van der Waals surface area contributed by atoms with Crippen LogP contribution in [0.25, 0.3) is 0 Å². The Bertz CT molecular complexity index is 265. The van der Waals surface area contributed by atoms with Crippen LogP contribution < -0.4 is 11.1 Å². The molecule has 0 heterocycles. The summed E-state index contributed by atoms with van der Waals surface area (Å²) in [5.41, 5.74) is 4.88. The highest BCUT2D eigenvalue weighted by molar-refractivity contribution is 5.71. The van der Waals surface area contributed by atoms with Crippen molar-refractivity contribution < 1.29 is 34.7 Å². The van der Waals surface area contributed by atoms with Gasteiger partial charge in [0.1, 0.15) is 12.2 Å². The Morgan fingerprint density at radius 2 is 1.95 bits per heavy atom. The summed E-state index contributed by atoms with van der Waals surface area (Å²) in [6, 6.07) is -0.650. The summed E-state index contributed by atoms with van der Waals surface area (Å²) < 4.78 is 10.4. The molecule has 20 heavy (non-hydrogen) atoms. The van der Waals surface area contributed by atoms with Gasteiger partial charge in [0.2, 0.25) is 0 Å². The average molecular weight is 296 g/mol. The van der Waals surface area contributed by atoms with Gasteiger partial charge in [-0.3, -0.25) is 0 Å². The van der Waals surface area contributed by atoms with Gasteiger partial charge in [-0.1, -0.05) is 0 Å². The molecule has 0 saturated carbocycles. The van der Waals surface area contributed by atoms with Crippen LogP contribution >= 0.6 is 0 Å². The molecular formula is C11H24N2O7. The molecule has 0 unspecified atom stereocenters. The summed E-state index contributed by atoms with van der Waals surface area (Å²) in [5.74, 6) is 0. The lowest BCUT2D eigenvalue weighted by Crippen LogP contribution is -2.42. The summed E-state index contributed by atoms with van der Waals surface area (Å²) in [4.78, 5) is 10.4. The van der Waals surface area contributed by atoms with Crippen molar-refractivity contribution in [1.29, 1.82) is 0 Å². The minimum absolute atomic E-state index is 0.125. The van der Waals surface area contributed by atoms with E-state index in [1.165, 1.54) is 6.92 Å². The molecule has 2 amide bonds. The molecule has 0 aromatic rings. The van der Waals surface area contributed by atoms with E-state index < -0.39 is 43.8 Å². The van der Waals surface area contributed by atoms with Crippen LogP contribution in [0.5, 0.6) is 0 Å².